The van der Waals surface area contributed by atoms with Crippen LogP contribution in [0.1, 0.15) is 5.56 Å². The number of rotatable bonds is 5. The lowest BCUT2D eigenvalue weighted by Gasteiger charge is -2.06. The number of para-hydroxylation sites is 1. The number of methoxy groups -OCH3 is 1. The van der Waals surface area contributed by atoms with Gasteiger partial charge in [-0.1, -0.05) is 18.2 Å². The van der Waals surface area contributed by atoms with E-state index < -0.39 is 4.92 Å². The van der Waals surface area contributed by atoms with Crippen molar-refractivity contribution >= 4 is 17.3 Å². The molecule has 1 amide bonds. The van der Waals surface area contributed by atoms with Crippen LogP contribution in [0.25, 0.3) is 0 Å². The quantitative estimate of drug-likeness (QED) is 0.677. The van der Waals surface area contributed by atoms with Crippen LogP contribution < -0.4 is 10.1 Å². The summed E-state index contributed by atoms with van der Waals surface area (Å²) in [5.74, 6) is 0.376. The molecule has 0 unspecified atom stereocenters. The smallest absolute Gasteiger partial charge is 0.273 e. The lowest BCUT2D eigenvalue weighted by Crippen LogP contribution is -2.15. The molecule has 0 radical (unpaired) electrons. The molecule has 21 heavy (non-hydrogen) atoms. The zero-order valence-corrected chi connectivity index (χ0v) is 11.4. The van der Waals surface area contributed by atoms with E-state index in [0.29, 0.717) is 17.0 Å². The first kappa shape index (κ1) is 14.5. The van der Waals surface area contributed by atoms with Gasteiger partial charge >= 0.3 is 0 Å². The number of hydrogen-bond acceptors (Lipinski definition) is 4. The third-order valence-electron chi connectivity index (χ3n) is 2.91. The zero-order valence-electron chi connectivity index (χ0n) is 11.4. The van der Waals surface area contributed by atoms with Gasteiger partial charge in [0.25, 0.3) is 5.69 Å². The molecule has 6 nitrogen and oxygen atoms in total. The fraction of sp³-hybridized carbons (Fsp3) is 0.133. The number of nitrogens with zero attached hydrogens (tertiary/aromatic N) is 1. The van der Waals surface area contributed by atoms with Crippen molar-refractivity contribution in [2.45, 2.75) is 6.42 Å². The van der Waals surface area contributed by atoms with Gasteiger partial charge in [0.15, 0.2) is 0 Å². The highest BCUT2D eigenvalue weighted by Crippen LogP contribution is 2.19. The van der Waals surface area contributed by atoms with E-state index in [1.807, 2.05) is 0 Å². The maximum atomic E-state index is 11.9. The summed E-state index contributed by atoms with van der Waals surface area (Å²) in [6.07, 6.45) is -0.0524. The second kappa shape index (κ2) is 6.51. The Kier molecular flexibility index (Phi) is 4.50. The van der Waals surface area contributed by atoms with Crippen molar-refractivity contribution < 1.29 is 14.5 Å². The highest BCUT2D eigenvalue weighted by Gasteiger charge is 2.15. The van der Waals surface area contributed by atoms with Crippen molar-refractivity contribution in [2.75, 3.05) is 12.4 Å². The second-order valence-electron chi connectivity index (χ2n) is 4.34. The molecule has 0 aromatic heterocycles. The molecule has 0 aliphatic carbocycles. The monoisotopic (exact) mass is 286 g/mol. The average molecular weight is 286 g/mol. The Morgan fingerprint density at radius 3 is 2.48 bits per heavy atom. The van der Waals surface area contributed by atoms with Gasteiger partial charge in [0.2, 0.25) is 5.91 Å². The Bertz CT molecular complexity index is 653. The van der Waals surface area contributed by atoms with Gasteiger partial charge in [-0.15, -0.1) is 0 Å². The average Bonchev–Trinajstić information content (AvgIpc) is 2.48. The summed E-state index contributed by atoms with van der Waals surface area (Å²) in [5.41, 5.74) is 0.940. The first-order chi connectivity index (χ1) is 10.1. The highest BCUT2D eigenvalue weighted by atomic mass is 16.6. The minimum absolute atomic E-state index is 0.0524. The fourth-order valence-electron chi connectivity index (χ4n) is 1.89. The molecule has 2 aromatic rings. The largest absolute Gasteiger partial charge is 0.497 e. The lowest BCUT2D eigenvalue weighted by atomic mass is 10.1. The maximum Gasteiger partial charge on any atom is 0.273 e. The van der Waals surface area contributed by atoms with Gasteiger partial charge in [-0.05, 0) is 24.3 Å². The van der Waals surface area contributed by atoms with Crippen LogP contribution in [0, 0.1) is 10.1 Å². The van der Waals surface area contributed by atoms with E-state index in [2.05, 4.69) is 5.32 Å². The topological polar surface area (TPSA) is 81.5 Å². The molecule has 2 rings (SSSR count). The first-order valence-corrected chi connectivity index (χ1v) is 6.26. The van der Waals surface area contributed by atoms with Crippen molar-refractivity contribution in [3.63, 3.8) is 0 Å². The molecule has 6 heteroatoms. The number of nitro benzene ring substituents is 1. The fourth-order valence-corrected chi connectivity index (χ4v) is 1.89. The summed E-state index contributed by atoms with van der Waals surface area (Å²) in [7, 11) is 1.56. The summed E-state index contributed by atoms with van der Waals surface area (Å²) in [6.45, 7) is 0. The molecule has 0 aliphatic rings. The number of nitro groups is 1. The summed E-state index contributed by atoms with van der Waals surface area (Å²) >= 11 is 0. The minimum atomic E-state index is -0.490. The van der Waals surface area contributed by atoms with E-state index in [1.54, 1.807) is 49.6 Å². The van der Waals surface area contributed by atoms with E-state index in [9.17, 15) is 14.9 Å². The number of carbonyl (C=O) groups is 1. The molecule has 0 heterocycles. The standard InChI is InChI=1S/C15H14N2O4/c1-21-13-8-6-12(7-9-13)16-15(18)10-11-4-2-3-5-14(11)17(19)20/h2-9H,10H2,1H3,(H,16,18). The van der Waals surface area contributed by atoms with Crippen LogP contribution in [-0.4, -0.2) is 17.9 Å². The number of benzene rings is 2. The van der Waals surface area contributed by atoms with Crippen LogP contribution in [0.4, 0.5) is 11.4 Å². The molecule has 108 valence electrons. The zero-order chi connectivity index (χ0) is 15.2. The molecule has 2 aromatic carbocycles. The third kappa shape index (κ3) is 3.79. The molecule has 0 saturated heterocycles. The van der Waals surface area contributed by atoms with Crippen LogP contribution in [0.2, 0.25) is 0 Å². The summed E-state index contributed by atoms with van der Waals surface area (Å²) in [4.78, 5) is 22.3. The number of anilines is 1. The number of ether oxygens (including phenoxy) is 1. The van der Waals surface area contributed by atoms with Crippen molar-refractivity contribution in [1.82, 2.24) is 0 Å². The highest BCUT2D eigenvalue weighted by molar-refractivity contribution is 5.92. The van der Waals surface area contributed by atoms with Crippen LogP contribution in [0.5, 0.6) is 5.75 Å². The number of amides is 1. The van der Waals surface area contributed by atoms with Gasteiger partial charge < -0.3 is 10.1 Å². The van der Waals surface area contributed by atoms with E-state index in [0.717, 1.165) is 0 Å². The van der Waals surface area contributed by atoms with E-state index in [-0.39, 0.29) is 18.0 Å². The summed E-state index contributed by atoms with van der Waals surface area (Å²) in [6, 6.07) is 13.1. The number of hydrogen-bond donors (Lipinski definition) is 1. The van der Waals surface area contributed by atoms with Gasteiger partial charge in [-0.2, -0.15) is 0 Å². The van der Waals surface area contributed by atoms with Gasteiger partial charge in [0.1, 0.15) is 5.75 Å². The first-order valence-electron chi connectivity index (χ1n) is 6.26. The Labute approximate surface area is 121 Å². The van der Waals surface area contributed by atoms with E-state index in [4.69, 9.17) is 4.74 Å². The Morgan fingerprint density at radius 1 is 1.19 bits per heavy atom. The van der Waals surface area contributed by atoms with Crippen molar-refractivity contribution in [2.24, 2.45) is 0 Å². The normalized spacial score (nSPS) is 9.95. The molecule has 0 fully saturated rings. The Hall–Kier alpha value is -2.89. The molecule has 0 saturated carbocycles. The van der Waals surface area contributed by atoms with E-state index >= 15 is 0 Å². The van der Waals surface area contributed by atoms with Crippen LogP contribution >= 0.6 is 0 Å². The second-order valence-corrected chi connectivity index (χ2v) is 4.34. The van der Waals surface area contributed by atoms with Gasteiger partial charge in [0.05, 0.1) is 18.5 Å². The third-order valence-corrected chi connectivity index (χ3v) is 2.91. The summed E-state index contributed by atoms with van der Waals surface area (Å²) in [5, 5.41) is 13.6. The number of carbonyl (C=O) groups excluding carboxylic acids is 1. The van der Waals surface area contributed by atoms with Crippen molar-refractivity contribution in [3.05, 3.63) is 64.2 Å². The van der Waals surface area contributed by atoms with Crippen LogP contribution in [0.3, 0.4) is 0 Å². The van der Waals surface area contributed by atoms with Gasteiger partial charge in [-0.3, -0.25) is 14.9 Å². The predicted molar refractivity (Wildman–Crippen MR) is 78.4 cm³/mol. The van der Waals surface area contributed by atoms with E-state index in [1.165, 1.54) is 6.07 Å². The molecular weight excluding hydrogens is 272 g/mol. The lowest BCUT2D eigenvalue weighted by molar-refractivity contribution is -0.385. The SMILES string of the molecule is COc1ccc(NC(=O)Cc2ccccc2[N+](=O)[O-])cc1. The molecule has 0 spiro atoms. The molecule has 0 aliphatic heterocycles. The maximum absolute atomic E-state index is 11.9. The summed E-state index contributed by atoms with van der Waals surface area (Å²) < 4.78 is 5.02. The molecule has 1 N–H and O–H groups in total. The van der Waals surface area contributed by atoms with Gasteiger partial charge in [-0.25, -0.2) is 0 Å². The molecule has 0 atom stereocenters. The van der Waals surface area contributed by atoms with Crippen molar-refractivity contribution in [1.29, 1.82) is 0 Å². The minimum Gasteiger partial charge on any atom is -0.497 e. The Balaban J connectivity index is 2.06. The van der Waals surface area contributed by atoms with Gasteiger partial charge in [0, 0.05) is 17.3 Å². The van der Waals surface area contributed by atoms with Crippen LogP contribution in [-0.2, 0) is 11.2 Å². The van der Waals surface area contributed by atoms with Crippen molar-refractivity contribution in [3.8, 4) is 5.75 Å². The molecular formula is C15H14N2O4. The number of nitrogens with one attached hydrogen (secondary N) is 1. The van der Waals surface area contributed by atoms with Crippen LogP contribution in [0.15, 0.2) is 48.5 Å². The predicted octanol–water partition coefficient (Wildman–Crippen LogP) is 2.78. The molecule has 0 bridgehead atoms. The Morgan fingerprint density at radius 2 is 1.86 bits per heavy atom.